The van der Waals surface area contributed by atoms with Gasteiger partial charge in [0.05, 0.1) is 30.4 Å². The molecular weight excluding hydrogens is 276 g/mol. The zero-order valence-corrected chi connectivity index (χ0v) is 11.8. The van der Waals surface area contributed by atoms with Crippen molar-refractivity contribution in [2.24, 2.45) is 0 Å². The van der Waals surface area contributed by atoms with E-state index in [1.165, 1.54) is 6.33 Å². The lowest BCUT2D eigenvalue weighted by atomic mass is 10.1. The second-order valence-corrected chi connectivity index (χ2v) is 4.77. The zero-order chi connectivity index (χ0) is 14.8. The highest BCUT2D eigenvalue weighted by Gasteiger charge is 2.32. The Kier molecular flexibility index (Phi) is 3.76. The molecule has 21 heavy (non-hydrogen) atoms. The first-order valence-corrected chi connectivity index (χ1v) is 6.55. The van der Waals surface area contributed by atoms with Gasteiger partial charge in [0.25, 0.3) is 5.56 Å². The highest BCUT2D eigenvalue weighted by Crippen LogP contribution is 2.36. The van der Waals surface area contributed by atoms with Crippen LogP contribution in [0.25, 0.3) is 10.9 Å². The molecule has 2 aromatic rings. The molecule has 3 rings (SSSR count). The monoisotopic (exact) mass is 292 g/mol. The van der Waals surface area contributed by atoms with Crippen molar-refractivity contribution < 1.29 is 18.9 Å². The van der Waals surface area contributed by atoms with Gasteiger partial charge >= 0.3 is 0 Å². The van der Waals surface area contributed by atoms with Gasteiger partial charge in [0.1, 0.15) is 0 Å². The summed E-state index contributed by atoms with van der Waals surface area (Å²) >= 11 is 0. The maximum atomic E-state index is 11.8. The van der Waals surface area contributed by atoms with E-state index in [0.717, 1.165) is 0 Å². The number of methoxy groups -OCH3 is 2. The number of benzene rings is 1. The summed E-state index contributed by atoms with van der Waals surface area (Å²) in [5.41, 5.74) is 0.344. The van der Waals surface area contributed by atoms with E-state index in [1.54, 1.807) is 26.4 Å². The largest absolute Gasteiger partial charge is 0.480 e. The number of H-pyrrole nitrogens is 1. The van der Waals surface area contributed by atoms with Crippen LogP contribution >= 0.6 is 0 Å². The first kappa shape index (κ1) is 13.8. The van der Waals surface area contributed by atoms with Gasteiger partial charge in [-0.3, -0.25) is 4.79 Å². The van der Waals surface area contributed by atoms with E-state index in [2.05, 4.69) is 9.97 Å². The number of ether oxygens (including phenoxy) is 4. The van der Waals surface area contributed by atoms with E-state index in [-0.39, 0.29) is 17.8 Å². The quantitative estimate of drug-likeness (QED) is 0.894. The van der Waals surface area contributed by atoms with Crippen molar-refractivity contribution in [3.63, 3.8) is 0 Å². The summed E-state index contributed by atoms with van der Waals surface area (Å²) in [5.74, 6) is 1.06. The summed E-state index contributed by atoms with van der Waals surface area (Å²) in [7, 11) is 3.20. The Morgan fingerprint density at radius 1 is 1.14 bits per heavy atom. The van der Waals surface area contributed by atoms with Crippen LogP contribution in [0.5, 0.6) is 11.5 Å². The minimum absolute atomic E-state index is 0.214. The maximum absolute atomic E-state index is 11.8. The van der Waals surface area contributed by atoms with Crippen LogP contribution in [0.1, 0.15) is 0 Å². The van der Waals surface area contributed by atoms with Gasteiger partial charge in [-0.05, 0) is 6.07 Å². The van der Waals surface area contributed by atoms with Gasteiger partial charge in [0.15, 0.2) is 23.7 Å². The van der Waals surface area contributed by atoms with Gasteiger partial charge in [-0.15, -0.1) is 0 Å². The molecule has 0 aliphatic carbocycles. The molecular formula is C14H16N2O5. The van der Waals surface area contributed by atoms with Gasteiger partial charge in [-0.1, -0.05) is 0 Å². The highest BCUT2D eigenvalue weighted by molar-refractivity contribution is 5.81. The smallest absolute Gasteiger partial charge is 0.258 e. The summed E-state index contributed by atoms with van der Waals surface area (Å²) in [5, 5.41) is 0.459. The normalized spacial score (nSPS) is 20.7. The van der Waals surface area contributed by atoms with Crippen LogP contribution in [-0.2, 0) is 9.47 Å². The SMILES string of the molecule is COC[C@H]1Oc2cc3nc[nH]c(=O)c3cc2O[C@@H]1COC. The van der Waals surface area contributed by atoms with Crippen LogP contribution in [-0.4, -0.2) is 49.6 Å². The number of rotatable bonds is 4. The van der Waals surface area contributed by atoms with Gasteiger partial charge in [-0.25, -0.2) is 4.98 Å². The Hall–Kier alpha value is -2.12. The molecule has 0 unspecified atom stereocenters. The third-order valence-electron chi connectivity index (χ3n) is 3.34. The van der Waals surface area contributed by atoms with E-state index in [0.29, 0.717) is 35.6 Å². The molecule has 1 aliphatic heterocycles. The van der Waals surface area contributed by atoms with Gasteiger partial charge in [-0.2, -0.15) is 0 Å². The Balaban J connectivity index is 2.03. The molecule has 2 atom stereocenters. The van der Waals surface area contributed by atoms with E-state index in [1.807, 2.05) is 0 Å². The van der Waals surface area contributed by atoms with Gasteiger partial charge < -0.3 is 23.9 Å². The van der Waals surface area contributed by atoms with E-state index >= 15 is 0 Å². The van der Waals surface area contributed by atoms with Crippen molar-refractivity contribution in [3.8, 4) is 11.5 Å². The Labute approximate surface area is 120 Å². The molecule has 0 radical (unpaired) electrons. The average Bonchev–Trinajstić information content (AvgIpc) is 2.47. The predicted octanol–water partition coefficient (Wildman–Crippen LogP) is 0.724. The number of hydrogen-bond donors (Lipinski definition) is 1. The molecule has 0 fully saturated rings. The van der Waals surface area contributed by atoms with Crippen molar-refractivity contribution >= 4 is 10.9 Å². The van der Waals surface area contributed by atoms with Crippen molar-refractivity contribution in [2.45, 2.75) is 12.2 Å². The Morgan fingerprint density at radius 3 is 2.38 bits per heavy atom. The van der Waals surface area contributed by atoms with E-state index < -0.39 is 0 Å². The Morgan fingerprint density at radius 2 is 1.76 bits per heavy atom. The third-order valence-corrected chi connectivity index (χ3v) is 3.34. The summed E-state index contributed by atoms with van der Waals surface area (Å²) in [4.78, 5) is 18.5. The number of hydrogen-bond acceptors (Lipinski definition) is 6. The maximum Gasteiger partial charge on any atom is 0.258 e. The summed E-state index contributed by atoms with van der Waals surface area (Å²) < 4.78 is 22.1. The lowest BCUT2D eigenvalue weighted by Gasteiger charge is -2.33. The lowest BCUT2D eigenvalue weighted by Crippen LogP contribution is -2.45. The fourth-order valence-corrected chi connectivity index (χ4v) is 2.35. The highest BCUT2D eigenvalue weighted by atomic mass is 16.6. The fraction of sp³-hybridized carbons (Fsp3) is 0.429. The first-order chi connectivity index (χ1) is 10.2. The first-order valence-electron chi connectivity index (χ1n) is 6.55. The minimum Gasteiger partial charge on any atom is -0.480 e. The molecule has 2 heterocycles. The molecule has 0 saturated carbocycles. The number of aromatic nitrogens is 2. The standard InChI is InChI=1S/C14H16N2O5/c1-18-5-12-13(6-19-2)21-11-4-9-8(3-10(11)20-12)14(17)16-7-15-9/h3-4,7,12-13H,5-6H2,1-2H3,(H,15,16,17)/t12-,13-/m1/s1. The van der Waals surface area contributed by atoms with Gasteiger partial charge in [0, 0.05) is 20.3 Å². The molecule has 1 N–H and O–H groups in total. The van der Waals surface area contributed by atoms with Crippen molar-refractivity contribution in [2.75, 3.05) is 27.4 Å². The molecule has 7 nitrogen and oxygen atoms in total. The summed E-state index contributed by atoms with van der Waals surface area (Å²) in [6, 6.07) is 3.34. The molecule has 7 heteroatoms. The average molecular weight is 292 g/mol. The van der Waals surface area contributed by atoms with E-state index in [4.69, 9.17) is 18.9 Å². The second-order valence-electron chi connectivity index (χ2n) is 4.77. The molecule has 0 spiro atoms. The molecule has 0 bridgehead atoms. The Bertz CT molecular complexity index is 699. The topological polar surface area (TPSA) is 82.7 Å². The van der Waals surface area contributed by atoms with Crippen molar-refractivity contribution in [1.29, 1.82) is 0 Å². The van der Waals surface area contributed by atoms with E-state index in [9.17, 15) is 4.79 Å². The summed E-state index contributed by atoms with van der Waals surface area (Å²) in [6.45, 7) is 0.753. The van der Waals surface area contributed by atoms with Crippen LogP contribution in [0.4, 0.5) is 0 Å². The third kappa shape index (κ3) is 2.57. The van der Waals surface area contributed by atoms with Gasteiger partial charge in [0.2, 0.25) is 0 Å². The molecule has 1 aromatic carbocycles. The number of nitrogens with one attached hydrogen (secondary N) is 1. The molecule has 0 amide bonds. The number of fused-ring (bicyclic) bond motifs is 2. The molecule has 0 saturated heterocycles. The van der Waals surface area contributed by atoms with Crippen LogP contribution in [0, 0.1) is 0 Å². The van der Waals surface area contributed by atoms with Crippen LogP contribution < -0.4 is 15.0 Å². The lowest BCUT2D eigenvalue weighted by molar-refractivity contribution is -0.0513. The number of aromatic amines is 1. The van der Waals surface area contributed by atoms with Crippen LogP contribution in [0.3, 0.4) is 0 Å². The number of nitrogens with zero attached hydrogens (tertiary/aromatic N) is 1. The summed E-state index contributed by atoms with van der Waals surface area (Å²) in [6.07, 6.45) is 0.790. The second kappa shape index (κ2) is 5.71. The van der Waals surface area contributed by atoms with Crippen LogP contribution in [0.15, 0.2) is 23.3 Å². The fourth-order valence-electron chi connectivity index (χ4n) is 2.35. The van der Waals surface area contributed by atoms with Crippen molar-refractivity contribution in [3.05, 3.63) is 28.8 Å². The zero-order valence-electron chi connectivity index (χ0n) is 11.8. The van der Waals surface area contributed by atoms with Crippen LogP contribution in [0.2, 0.25) is 0 Å². The van der Waals surface area contributed by atoms with Crippen molar-refractivity contribution in [1.82, 2.24) is 9.97 Å². The molecule has 1 aliphatic rings. The molecule has 1 aromatic heterocycles. The predicted molar refractivity (Wildman–Crippen MR) is 74.9 cm³/mol. The molecule has 112 valence electrons. The minimum atomic E-state index is -0.296.